The Morgan fingerprint density at radius 3 is 2.54 bits per heavy atom. The Bertz CT molecular complexity index is 798. The number of carbonyl (C=O) groups is 3. The number of anilines is 1. The molecule has 0 spiro atoms. The Balaban J connectivity index is 1.94. The minimum Gasteiger partial charge on any atom is -0.507 e. The van der Waals surface area contributed by atoms with Gasteiger partial charge >= 0.3 is 5.97 Å². The maximum Gasteiger partial charge on any atom is 0.342 e. The van der Waals surface area contributed by atoms with Gasteiger partial charge in [-0.05, 0) is 43.7 Å². The van der Waals surface area contributed by atoms with Gasteiger partial charge < -0.3 is 15.2 Å². The average molecular weight is 327 g/mol. The Morgan fingerprint density at radius 1 is 1.12 bits per heavy atom. The molecule has 0 fully saturated rings. The van der Waals surface area contributed by atoms with Crippen LogP contribution in [-0.2, 0) is 9.53 Å². The van der Waals surface area contributed by atoms with Crippen molar-refractivity contribution in [1.82, 2.24) is 0 Å². The van der Waals surface area contributed by atoms with Gasteiger partial charge in [0.15, 0.2) is 12.4 Å². The highest BCUT2D eigenvalue weighted by Gasteiger charge is 2.14. The summed E-state index contributed by atoms with van der Waals surface area (Å²) in [4.78, 5) is 35.0. The summed E-state index contributed by atoms with van der Waals surface area (Å²) in [5.41, 5.74) is 1.69. The van der Waals surface area contributed by atoms with E-state index in [-0.39, 0.29) is 17.1 Å². The van der Waals surface area contributed by atoms with E-state index in [4.69, 9.17) is 4.74 Å². The lowest BCUT2D eigenvalue weighted by atomic mass is 10.1. The van der Waals surface area contributed by atoms with Crippen LogP contribution < -0.4 is 5.32 Å². The molecule has 0 bridgehead atoms. The molecular formula is C18H17NO5. The van der Waals surface area contributed by atoms with E-state index < -0.39 is 18.5 Å². The van der Waals surface area contributed by atoms with Crippen molar-refractivity contribution in [3.63, 3.8) is 0 Å². The van der Waals surface area contributed by atoms with Crippen LogP contribution in [0.5, 0.6) is 5.75 Å². The summed E-state index contributed by atoms with van der Waals surface area (Å²) in [6, 6.07) is 11.0. The third-order valence-electron chi connectivity index (χ3n) is 3.26. The Labute approximate surface area is 139 Å². The smallest absolute Gasteiger partial charge is 0.342 e. The molecule has 0 radical (unpaired) electrons. The molecule has 0 aromatic heterocycles. The molecule has 0 aliphatic heterocycles. The highest BCUT2D eigenvalue weighted by atomic mass is 16.5. The first-order valence-corrected chi connectivity index (χ1v) is 7.24. The molecule has 0 saturated carbocycles. The van der Waals surface area contributed by atoms with Crippen LogP contribution in [-0.4, -0.2) is 29.4 Å². The second kappa shape index (κ2) is 7.41. The number of benzene rings is 2. The van der Waals surface area contributed by atoms with Crippen molar-refractivity contribution in [3.8, 4) is 5.75 Å². The zero-order valence-corrected chi connectivity index (χ0v) is 13.3. The molecule has 0 saturated heterocycles. The van der Waals surface area contributed by atoms with Crippen molar-refractivity contribution >= 4 is 23.3 Å². The van der Waals surface area contributed by atoms with Gasteiger partial charge in [-0.25, -0.2) is 4.79 Å². The number of aryl methyl sites for hydroxylation is 1. The lowest BCUT2D eigenvalue weighted by Gasteiger charge is -2.08. The van der Waals surface area contributed by atoms with Crippen LogP contribution in [0.3, 0.4) is 0 Å². The van der Waals surface area contributed by atoms with Crippen LogP contribution in [0, 0.1) is 6.92 Å². The van der Waals surface area contributed by atoms with Crippen LogP contribution in [0.25, 0.3) is 0 Å². The standard InChI is InChI=1S/C18H17NO5/c1-11-6-7-15(16(21)8-11)18(23)24-10-17(22)19-14-5-3-4-13(9-14)12(2)20/h3-9,21H,10H2,1-2H3,(H,19,22). The van der Waals surface area contributed by atoms with Gasteiger partial charge in [0.25, 0.3) is 5.91 Å². The number of nitrogens with one attached hydrogen (secondary N) is 1. The number of hydrogen-bond acceptors (Lipinski definition) is 5. The predicted molar refractivity (Wildman–Crippen MR) is 88.2 cm³/mol. The number of hydrogen-bond donors (Lipinski definition) is 2. The first kappa shape index (κ1) is 17.2. The minimum absolute atomic E-state index is 0.00743. The van der Waals surface area contributed by atoms with Gasteiger partial charge in [0.2, 0.25) is 0 Å². The Morgan fingerprint density at radius 2 is 1.88 bits per heavy atom. The van der Waals surface area contributed by atoms with Gasteiger partial charge in [0.05, 0.1) is 0 Å². The van der Waals surface area contributed by atoms with Crippen molar-refractivity contribution < 1.29 is 24.2 Å². The van der Waals surface area contributed by atoms with Gasteiger partial charge in [-0.3, -0.25) is 9.59 Å². The molecule has 0 atom stereocenters. The topological polar surface area (TPSA) is 92.7 Å². The second-order valence-electron chi connectivity index (χ2n) is 5.28. The van der Waals surface area contributed by atoms with Gasteiger partial charge in [-0.1, -0.05) is 18.2 Å². The van der Waals surface area contributed by atoms with Crippen molar-refractivity contribution in [2.75, 3.05) is 11.9 Å². The summed E-state index contributed by atoms with van der Waals surface area (Å²) < 4.78 is 4.88. The Hall–Kier alpha value is -3.15. The number of ether oxygens (including phenoxy) is 1. The van der Waals surface area contributed by atoms with Crippen LogP contribution in [0.1, 0.15) is 33.2 Å². The number of esters is 1. The number of carbonyl (C=O) groups excluding carboxylic acids is 3. The van der Waals surface area contributed by atoms with E-state index in [1.807, 2.05) is 0 Å². The first-order valence-electron chi connectivity index (χ1n) is 7.24. The van der Waals surface area contributed by atoms with Crippen LogP contribution in [0.4, 0.5) is 5.69 Å². The van der Waals surface area contributed by atoms with E-state index in [9.17, 15) is 19.5 Å². The second-order valence-corrected chi connectivity index (χ2v) is 5.28. The summed E-state index contributed by atoms with van der Waals surface area (Å²) in [6.45, 7) is 2.70. The summed E-state index contributed by atoms with van der Waals surface area (Å²) in [5.74, 6) is -1.65. The molecule has 6 heteroatoms. The molecule has 1 amide bonds. The SMILES string of the molecule is CC(=O)c1cccc(NC(=O)COC(=O)c2ccc(C)cc2O)c1. The number of aromatic hydroxyl groups is 1. The molecule has 0 aliphatic carbocycles. The normalized spacial score (nSPS) is 10.1. The van der Waals surface area contributed by atoms with E-state index >= 15 is 0 Å². The van der Waals surface area contributed by atoms with Crippen LogP contribution >= 0.6 is 0 Å². The van der Waals surface area contributed by atoms with Crippen molar-refractivity contribution in [3.05, 3.63) is 59.2 Å². The van der Waals surface area contributed by atoms with E-state index in [1.54, 1.807) is 31.2 Å². The van der Waals surface area contributed by atoms with Gasteiger partial charge in [0, 0.05) is 11.3 Å². The highest BCUT2D eigenvalue weighted by Crippen LogP contribution is 2.19. The fourth-order valence-corrected chi connectivity index (χ4v) is 2.04. The molecule has 2 N–H and O–H groups in total. The van der Waals surface area contributed by atoms with Crippen LogP contribution in [0.15, 0.2) is 42.5 Å². The number of phenols is 1. The molecule has 0 aliphatic rings. The maximum atomic E-state index is 11.9. The molecule has 24 heavy (non-hydrogen) atoms. The van der Waals surface area contributed by atoms with Gasteiger partial charge in [-0.2, -0.15) is 0 Å². The molecule has 0 heterocycles. The molecule has 6 nitrogen and oxygen atoms in total. The zero-order chi connectivity index (χ0) is 17.7. The number of amides is 1. The molecule has 2 aromatic rings. The predicted octanol–water partition coefficient (Wildman–Crippen LogP) is 2.70. The maximum absolute atomic E-state index is 11.9. The highest BCUT2D eigenvalue weighted by molar-refractivity contribution is 5.98. The number of ketones is 1. The number of rotatable bonds is 5. The summed E-state index contributed by atoms with van der Waals surface area (Å²) >= 11 is 0. The van der Waals surface area contributed by atoms with Gasteiger partial charge in [-0.15, -0.1) is 0 Å². The van der Waals surface area contributed by atoms with E-state index in [1.165, 1.54) is 25.1 Å². The van der Waals surface area contributed by atoms with Crippen LogP contribution in [0.2, 0.25) is 0 Å². The zero-order valence-electron chi connectivity index (χ0n) is 13.3. The minimum atomic E-state index is -0.792. The summed E-state index contributed by atoms with van der Waals surface area (Å²) in [7, 11) is 0. The molecular weight excluding hydrogens is 310 g/mol. The van der Waals surface area contributed by atoms with E-state index in [0.717, 1.165) is 5.56 Å². The third kappa shape index (κ3) is 4.42. The van der Waals surface area contributed by atoms with E-state index in [0.29, 0.717) is 11.3 Å². The quantitative estimate of drug-likeness (QED) is 0.650. The lowest BCUT2D eigenvalue weighted by molar-refractivity contribution is -0.119. The Kier molecular flexibility index (Phi) is 5.31. The summed E-state index contributed by atoms with van der Waals surface area (Å²) in [6.07, 6.45) is 0. The fourth-order valence-electron chi connectivity index (χ4n) is 2.04. The largest absolute Gasteiger partial charge is 0.507 e. The van der Waals surface area contributed by atoms with Crippen molar-refractivity contribution in [2.24, 2.45) is 0 Å². The third-order valence-corrected chi connectivity index (χ3v) is 3.26. The molecule has 0 unspecified atom stereocenters. The molecule has 2 rings (SSSR count). The van der Waals surface area contributed by atoms with Crippen molar-refractivity contribution in [2.45, 2.75) is 13.8 Å². The first-order chi connectivity index (χ1) is 11.4. The van der Waals surface area contributed by atoms with E-state index in [2.05, 4.69) is 5.32 Å². The van der Waals surface area contributed by atoms with Gasteiger partial charge in [0.1, 0.15) is 11.3 Å². The average Bonchev–Trinajstić information content (AvgIpc) is 2.53. The number of phenolic OH excluding ortho intramolecular Hbond substituents is 1. The van der Waals surface area contributed by atoms with Crippen molar-refractivity contribution in [1.29, 1.82) is 0 Å². The number of Topliss-reactive ketones (excluding diaryl/α,β-unsaturated/α-hetero) is 1. The monoisotopic (exact) mass is 327 g/mol. The molecule has 2 aromatic carbocycles. The molecule has 124 valence electrons. The lowest BCUT2D eigenvalue weighted by Crippen LogP contribution is -2.21. The summed E-state index contributed by atoms with van der Waals surface area (Å²) in [5, 5.41) is 12.2. The fraction of sp³-hybridized carbons (Fsp3) is 0.167.